The van der Waals surface area contributed by atoms with E-state index >= 15 is 0 Å². The second-order valence-electron chi connectivity index (χ2n) is 9.86. The van der Waals surface area contributed by atoms with Gasteiger partial charge >= 0.3 is 6.18 Å². The minimum Gasteiger partial charge on any atom is -0.359 e. The zero-order chi connectivity index (χ0) is 28.2. The van der Waals surface area contributed by atoms with Gasteiger partial charge in [-0.2, -0.15) is 13.2 Å². The van der Waals surface area contributed by atoms with Crippen LogP contribution in [0.2, 0.25) is 0 Å². The van der Waals surface area contributed by atoms with Crippen LogP contribution in [0.15, 0.2) is 109 Å². The summed E-state index contributed by atoms with van der Waals surface area (Å²) >= 11 is 0. The van der Waals surface area contributed by atoms with E-state index in [1.54, 1.807) is 83.9 Å². The molecule has 0 aromatic heterocycles. The summed E-state index contributed by atoms with van der Waals surface area (Å²) in [5.41, 5.74) is -0.173. The molecule has 40 heavy (non-hydrogen) atoms. The molecule has 3 aromatic rings. The molecule has 2 fully saturated rings. The van der Waals surface area contributed by atoms with Crippen molar-refractivity contribution in [2.24, 2.45) is 11.8 Å². The van der Waals surface area contributed by atoms with Crippen LogP contribution in [-0.2, 0) is 15.8 Å². The molecule has 0 saturated carbocycles. The molecule has 2 saturated heterocycles. The van der Waals surface area contributed by atoms with Crippen molar-refractivity contribution in [3.63, 3.8) is 0 Å². The van der Waals surface area contributed by atoms with Crippen LogP contribution in [0.3, 0.4) is 0 Å². The van der Waals surface area contributed by atoms with Crippen LogP contribution in [0, 0.1) is 11.8 Å². The number of nitrogens with zero attached hydrogens (tertiary/aromatic N) is 2. The molecule has 3 aliphatic rings. The lowest BCUT2D eigenvalue weighted by atomic mass is 9.85. The van der Waals surface area contributed by atoms with Crippen LogP contribution in [0.1, 0.15) is 26.3 Å². The zero-order valence-electron chi connectivity index (χ0n) is 20.8. The summed E-state index contributed by atoms with van der Waals surface area (Å²) in [6.45, 7) is 0. The van der Waals surface area contributed by atoms with E-state index < -0.39 is 53.3 Å². The summed E-state index contributed by atoms with van der Waals surface area (Å²) in [5, 5.41) is 0. The maximum absolute atomic E-state index is 13.8. The number of benzene rings is 3. The molecule has 2 amide bonds. The number of carbonyl (C=O) groups excluding carboxylic acids is 4. The summed E-state index contributed by atoms with van der Waals surface area (Å²) in [6, 6.07) is 18.9. The lowest BCUT2D eigenvalue weighted by Crippen LogP contribution is -2.46. The van der Waals surface area contributed by atoms with Gasteiger partial charge in [0.15, 0.2) is 11.6 Å². The van der Waals surface area contributed by atoms with E-state index in [0.717, 1.165) is 23.1 Å². The van der Waals surface area contributed by atoms with E-state index in [2.05, 4.69) is 0 Å². The second kappa shape index (κ2) is 9.44. The molecule has 6 nitrogen and oxygen atoms in total. The molecule has 0 spiro atoms. The number of ketones is 2. The Morgan fingerprint density at radius 2 is 1.38 bits per heavy atom. The molecule has 3 heterocycles. The van der Waals surface area contributed by atoms with Crippen LogP contribution in [0.25, 0.3) is 0 Å². The van der Waals surface area contributed by atoms with Crippen LogP contribution in [-0.4, -0.2) is 40.4 Å². The summed E-state index contributed by atoms with van der Waals surface area (Å²) in [5.74, 6) is -4.41. The van der Waals surface area contributed by atoms with E-state index in [-0.39, 0.29) is 17.0 Å². The minimum absolute atomic E-state index is 0.215. The smallest absolute Gasteiger partial charge is 0.359 e. The molecular weight excluding hydrogens is 521 g/mol. The highest BCUT2D eigenvalue weighted by molar-refractivity contribution is 6.25. The number of imide groups is 1. The van der Waals surface area contributed by atoms with Gasteiger partial charge in [-0.3, -0.25) is 19.2 Å². The summed E-state index contributed by atoms with van der Waals surface area (Å²) < 4.78 is 40.3. The molecule has 3 aromatic carbocycles. The zero-order valence-corrected chi connectivity index (χ0v) is 20.8. The van der Waals surface area contributed by atoms with E-state index in [1.807, 2.05) is 0 Å². The van der Waals surface area contributed by atoms with Gasteiger partial charge in [-0.15, -0.1) is 0 Å². The first kappa shape index (κ1) is 25.5. The number of rotatable bonds is 5. The molecule has 0 unspecified atom stereocenters. The number of hydrogen-bond donors (Lipinski definition) is 0. The molecule has 0 bridgehead atoms. The lowest BCUT2D eigenvalue weighted by molar-refractivity contribution is -0.137. The van der Waals surface area contributed by atoms with Crippen molar-refractivity contribution in [2.75, 3.05) is 4.90 Å². The van der Waals surface area contributed by atoms with Gasteiger partial charge < -0.3 is 4.90 Å². The predicted octanol–water partition coefficient (Wildman–Crippen LogP) is 5.08. The Morgan fingerprint density at radius 3 is 2.02 bits per heavy atom. The third-order valence-corrected chi connectivity index (χ3v) is 7.60. The third kappa shape index (κ3) is 4.05. The van der Waals surface area contributed by atoms with Crippen LogP contribution < -0.4 is 4.90 Å². The quantitative estimate of drug-likeness (QED) is 0.332. The van der Waals surface area contributed by atoms with Crippen molar-refractivity contribution in [1.29, 1.82) is 0 Å². The lowest BCUT2D eigenvalue weighted by Gasteiger charge is -2.33. The van der Waals surface area contributed by atoms with E-state index in [1.165, 1.54) is 6.07 Å². The SMILES string of the molecule is O=C(C1=C[C@H]2[C@H]3C(=O)N(c4cccc(C(F)(F)F)c4)C(=O)[C@H]3[C@@H](C(=O)c3ccccc3)N2C=C1)c1ccccc1. The van der Waals surface area contributed by atoms with Crippen molar-refractivity contribution in [2.45, 2.75) is 18.3 Å². The van der Waals surface area contributed by atoms with Crippen molar-refractivity contribution in [1.82, 2.24) is 4.90 Å². The molecule has 0 radical (unpaired) electrons. The number of Topliss-reactive ketones (excluding diaryl/α,β-unsaturated/α-hetero) is 2. The molecule has 4 atom stereocenters. The first-order valence-electron chi connectivity index (χ1n) is 12.6. The Morgan fingerprint density at radius 1 is 0.750 bits per heavy atom. The molecule has 3 aliphatic heterocycles. The number of anilines is 1. The van der Waals surface area contributed by atoms with E-state index in [9.17, 15) is 32.3 Å². The predicted molar refractivity (Wildman–Crippen MR) is 139 cm³/mol. The largest absolute Gasteiger partial charge is 0.416 e. The maximum Gasteiger partial charge on any atom is 0.416 e. The molecule has 6 rings (SSSR count). The van der Waals surface area contributed by atoms with Crippen LogP contribution in [0.5, 0.6) is 0 Å². The third-order valence-electron chi connectivity index (χ3n) is 7.60. The van der Waals surface area contributed by atoms with Crippen LogP contribution >= 0.6 is 0 Å². The van der Waals surface area contributed by atoms with Crippen molar-refractivity contribution in [3.05, 3.63) is 126 Å². The Labute approximate surface area is 227 Å². The van der Waals surface area contributed by atoms with Gasteiger partial charge in [-0.1, -0.05) is 72.8 Å². The molecule has 0 aliphatic carbocycles. The van der Waals surface area contributed by atoms with Gasteiger partial charge in [0.2, 0.25) is 11.8 Å². The Kier molecular flexibility index (Phi) is 6.02. The van der Waals surface area contributed by atoms with Crippen molar-refractivity contribution >= 4 is 29.1 Å². The maximum atomic E-state index is 13.8. The van der Waals surface area contributed by atoms with Crippen LogP contribution in [0.4, 0.5) is 18.9 Å². The Bertz CT molecular complexity index is 1600. The first-order chi connectivity index (χ1) is 19.2. The molecule has 9 heteroatoms. The normalized spacial score (nSPS) is 23.6. The fraction of sp³-hybridized carbons (Fsp3) is 0.161. The average molecular weight is 543 g/mol. The van der Waals surface area contributed by atoms with Gasteiger partial charge in [0, 0.05) is 22.9 Å². The minimum atomic E-state index is -4.68. The Hall–Kier alpha value is -4.79. The van der Waals surface area contributed by atoms with Gasteiger partial charge in [-0.25, -0.2) is 4.90 Å². The van der Waals surface area contributed by atoms with Crippen molar-refractivity contribution < 1.29 is 32.3 Å². The average Bonchev–Trinajstić information content (AvgIpc) is 3.44. The monoisotopic (exact) mass is 542 g/mol. The molecular formula is C31H21F3N2O4. The van der Waals surface area contributed by atoms with E-state index in [0.29, 0.717) is 11.1 Å². The second-order valence-corrected chi connectivity index (χ2v) is 9.86. The number of allylic oxidation sites excluding steroid dienone is 2. The topological polar surface area (TPSA) is 74.8 Å². The number of hydrogen-bond acceptors (Lipinski definition) is 5. The number of alkyl halides is 3. The highest BCUT2D eigenvalue weighted by Gasteiger charge is 2.63. The molecule has 200 valence electrons. The fourth-order valence-electron chi connectivity index (χ4n) is 5.80. The number of fused-ring (bicyclic) bond motifs is 3. The first-order valence-corrected chi connectivity index (χ1v) is 12.6. The number of halogens is 3. The summed E-state index contributed by atoms with van der Waals surface area (Å²) in [4.78, 5) is 57.0. The van der Waals surface area contributed by atoms with Gasteiger partial charge in [-0.05, 0) is 24.3 Å². The highest BCUT2D eigenvalue weighted by Crippen LogP contribution is 2.47. The number of carbonyl (C=O) groups is 4. The van der Waals surface area contributed by atoms with E-state index in [4.69, 9.17) is 0 Å². The fourth-order valence-corrected chi connectivity index (χ4v) is 5.80. The molecule has 0 N–H and O–H groups in total. The standard InChI is InChI=1S/C31H21F3N2O4/c32-31(33,34)21-12-7-13-22(17-21)36-29(39)24-23-16-20(27(37)18-8-3-1-4-9-18)14-15-35(23)26(25(24)30(36)40)28(38)19-10-5-2-6-11-19/h1-17,23-26H/t23-,24+,25+,26-/m0/s1. The van der Waals surface area contributed by atoms with Gasteiger partial charge in [0.25, 0.3) is 0 Å². The summed E-state index contributed by atoms with van der Waals surface area (Å²) in [7, 11) is 0. The Balaban J connectivity index is 1.43. The highest BCUT2D eigenvalue weighted by atomic mass is 19.4. The van der Waals surface area contributed by atoms with Gasteiger partial charge in [0.05, 0.1) is 29.1 Å². The van der Waals surface area contributed by atoms with Gasteiger partial charge in [0.1, 0.15) is 6.04 Å². The van der Waals surface area contributed by atoms with Crippen molar-refractivity contribution in [3.8, 4) is 0 Å². The summed E-state index contributed by atoms with van der Waals surface area (Å²) in [6.07, 6.45) is 0.00746. The number of amides is 2.